The third kappa shape index (κ3) is 7.51. The molecular weight excluding hydrogens is 741 g/mol. The lowest BCUT2D eigenvalue weighted by Gasteiger charge is -2.29. The molecule has 1 saturated carbocycles. The van der Waals surface area contributed by atoms with Crippen molar-refractivity contribution >= 4 is 57.5 Å². The van der Waals surface area contributed by atoms with Gasteiger partial charge >= 0.3 is 0 Å². The normalized spacial score (nSPS) is 20.3. The van der Waals surface area contributed by atoms with Crippen LogP contribution in [0.4, 0.5) is 11.4 Å². The van der Waals surface area contributed by atoms with Crippen LogP contribution in [0.5, 0.6) is 5.75 Å². The van der Waals surface area contributed by atoms with Gasteiger partial charge in [-0.05, 0) is 108 Å². The lowest BCUT2D eigenvalue weighted by Crippen LogP contribution is -2.54. The fraction of sp³-hybridized carbons (Fsp3) is 0.429. The summed E-state index contributed by atoms with van der Waals surface area (Å²) in [5.41, 5.74) is 4.08. The second kappa shape index (κ2) is 15.6. The summed E-state index contributed by atoms with van der Waals surface area (Å²) in [6.07, 6.45) is 15.4. The first kappa shape index (κ1) is 37.4. The zero-order chi connectivity index (χ0) is 39.9. The summed E-state index contributed by atoms with van der Waals surface area (Å²) in [6, 6.07) is 10.5. The molecule has 1 aliphatic carbocycles. The summed E-state index contributed by atoms with van der Waals surface area (Å²) in [6.45, 7) is 4.69. The summed E-state index contributed by atoms with van der Waals surface area (Å²) < 4.78 is 9.81. The third-order valence-corrected chi connectivity index (χ3v) is 11.8. The maximum Gasteiger partial charge on any atom is 0.262 e. The Labute approximate surface area is 334 Å². The molecule has 300 valence electrons. The number of anilines is 2. The number of hydrogen-bond acceptors (Lipinski definition) is 11. The van der Waals surface area contributed by atoms with Crippen molar-refractivity contribution in [3.05, 3.63) is 77.9 Å². The second-order valence-electron chi connectivity index (χ2n) is 15.9. The largest absolute Gasteiger partial charge is 0.491 e. The van der Waals surface area contributed by atoms with Crippen LogP contribution in [0.2, 0.25) is 0 Å². The molecule has 0 spiro atoms. The highest BCUT2D eigenvalue weighted by atomic mass is 16.5. The quantitative estimate of drug-likeness (QED) is 0.213. The molecule has 58 heavy (non-hydrogen) atoms. The predicted molar refractivity (Wildman–Crippen MR) is 214 cm³/mol. The monoisotopic (exact) mass is 786 g/mol. The van der Waals surface area contributed by atoms with E-state index in [0.29, 0.717) is 52.3 Å². The Morgan fingerprint density at radius 3 is 2.50 bits per heavy atom. The summed E-state index contributed by atoms with van der Waals surface area (Å²) in [4.78, 5) is 71.8. The zero-order valence-corrected chi connectivity index (χ0v) is 32.4. The molecular formula is C42H46N10O6. The van der Waals surface area contributed by atoms with Crippen LogP contribution in [-0.4, -0.2) is 110 Å². The minimum atomic E-state index is -0.913. The maximum absolute atomic E-state index is 13.1. The van der Waals surface area contributed by atoms with Crippen molar-refractivity contribution in [1.29, 1.82) is 0 Å². The average molecular weight is 787 g/mol. The molecule has 2 N–H and O–H groups in total. The van der Waals surface area contributed by atoms with Gasteiger partial charge in [-0.15, -0.1) is 0 Å². The Kier molecular flexibility index (Phi) is 10.1. The molecule has 16 heteroatoms. The number of carbonyl (C=O) groups is 5. The van der Waals surface area contributed by atoms with Crippen molar-refractivity contribution in [2.24, 2.45) is 5.92 Å². The number of nitrogens with zero attached hydrogens (tertiary/aromatic N) is 8. The van der Waals surface area contributed by atoms with Crippen molar-refractivity contribution in [2.75, 3.05) is 50.1 Å². The van der Waals surface area contributed by atoms with Gasteiger partial charge < -0.3 is 19.9 Å². The van der Waals surface area contributed by atoms with Gasteiger partial charge in [0.1, 0.15) is 17.4 Å². The van der Waals surface area contributed by atoms with Gasteiger partial charge in [0, 0.05) is 55.2 Å². The molecule has 1 atom stereocenters. The van der Waals surface area contributed by atoms with Crippen LogP contribution in [0.1, 0.15) is 94.9 Å². The number of imide groups is 2. The van der Waals surface area contributed by atoms with Gasteiger partial charge in [-0.25, -0.2) is 9.50 Å². The first-order chi connectivity index (χ1) is 28.2. The predicted octanol–water partition coefficient (Wildman–Crippen LogP) is 4.46. The van der Waals surface area contributed by atoms with Gasteiger partial charge in [-0.1, -0.05) is 0 Å². The number of fused-ring (bicyclic) bond motifs is 3. The average Bonchev–Trinajstić information content (AvgIpc) is 3.73. The summed E-state index contributed by atoms with van der Waals surface area (Å²) in [5, 5.41) is 15.3. The lowest BCUT2D eigenvalue weighted by atomic mass is 10.0. The molecule has 2 aromatic carbocycles. The van der Waals surface area contributed by atoms with E-state index in [1.807, 2.05) is 18.2 Å². The molecule has 3 saturated heterocycles. The summed E-state index contributed by atoms with van der Waals surface area (Å²) in [7, 11) is 2.16. The van der Waals surface area contributed by atoms with Crippen LogP contribution in [0.15, 0.2) is 61.2 Å². The first-order valence-corrected chi connectivity index (χ1v) is 20.2. The smallest absolute Gasteiger partial charge is 0.262 e. The number of amides is 5. The number of nitrogens with one attached hydrogen (secondary N) is 2. The fourth-order valence-corrected chi connectivity index (χ4v) is 8.21. The SMILES string of the molecule is CN1CCC(n2cc3cc(NC(=O)c4cnn5cccnc45)c(OCC4CC4)cc3n2)CC1.O=C1CCC(N2C(=O)c3ccc(N4CCCCC4)cc3C2=O)C(=O)N1. The Bertz CT molecular complexity index is 2420. The molecule has 3 aromatic heterocycles. The van der Waals surface area contributed by atoms with Gasteiger partial charge in [0.2, 0.25) is 11.8 Å². The number of piperidine rings is 3. The molecule has 10 rings (SSSR count). The van der Waals surface area contributed by atoms with E-state index in [0.717, 1.165) is 73.4 Å². The van der Waals surface area contributed by atoms with Gasteiger partial charge in [0.15, 0.2) is 5.65 Å². The standard InChI is InChI=1S/C24H27N7O2.C18H19N3O4/c1-29-9-5-18(6-10-29)31-14-17-11-21(22(12-20(17)28-31)33-15-16-3-4-16)27-24(32)19-13-26-30-8-2-7-25-23(19)30;22-15-7-6-14(16(23)19-15)21-17(24)12-5-4-11(10-13(12)18(21)25)20-8-2-1-3-9-20/h2,7-8,11-14,16,18H,3-6,9-10,15H2,1H3,(H,27,32);4-5,10,14H,1-3,6-9H2,(H,19,22,23). The Morgan fingerprint density at radius 1 is 0.931 bits per heavy atom. The minimum Gasteiger partial charge on any atom is -0.491 e. The van der Waals surface area contributed by atoms with Crippen LogP contribution >= 0.6 is 0 Å². The van der Waals surface area contributed by atoms with Crippen LogP contribution < -0.4 is 20.3 Å². The number of likely N-dealkylation sites (tertiary alicyclic amines) is 1. The molecule has 0 bridgehead atoms. The molecule has 1 unspecified atom stereocenters. The first-order valence-electron chi connectivity index (χ1n) is 20.2. The van der Waals surface area contributed by atoms with Gasteiger partial charge in [-0.2, -0.15) is 10.2 Å². The van der Waals surface area contributed by atoms with Crippen LogP contribution in [0.3, 0.4) is 0 Å². The van der Waals surface area contributed by atoms with E-state index in [9.17, 15) is 24.0 Å². The summed E-state index contributed by atoms with van der Waals surface area (Å²) >= 11 is 0. The van der Waals surface area contributed by atoms with Crippen molar-refractivity contribution in [3.8, 4) is 5.75 Å². The highest BCUT2D eigenvalue weighted by Crippen LogP contribution is 2.36. The van der Waals surface area contributed by atoms with Crippen molar-refractivity contribution in [3.63, 3.8) is 0 Å². The summed E-state index contributed by atoms with van der Waals surface area (Å²) in [5.74, 6) is -0.868. The van der Waals surface area contributed by atoms with E-state index in [1.165, 1.54) is 19.3 Å². The molecule has 5 aromatic rings. The number of hydrogen-bond donors (Lipinski definition) is 2. The van der Waals surface area contributed by atoms with Crippen LogP contribution in [0, 0.1) is 5.92 Å². The second-order valence-corrected chi connectivity index (χ2v) is 15.9. The van der Waals surface area contributed by atoms with E-state index in [4.69, 9.17) is 9.84 Å². The molecule has 5 aliphatic rings. The molecule has 5 amide bonds. The number of ether oxygens (including phenoxy) is 1. The minimum absolute atomic E-state index is 0.128. The van der Waals surface area contributed by atoms with Crippen molar-refractivity contribution in [1.82, 2.24) is 39.5 Å². The Hall–Kier alpha value is -6.16. The number of carbonyl (C=O) groups excluding carboxylic acids is 5. The van der Waals surface area contributed by atoms with Gasteiger partial charge in [0.05, 0.1) is 41.2 Å². The van der Waals surface area contributed by atoms with Crippen LogP contribution in [-0.2, 0) is 9.59 Å². The molecule has 7 heterocycles. The van der Waals surface area contributed by atoms with E-state index < -0.39 is 23.8 Å². The Balaban J connectivity index is 0.000000156. The zero-order valence-electron chi connectivity index (χ0n) is 32.4. The van der Waals surface area contributed by atoms with Gasteiger partial charge in [-0.3, -0.25) is 38.9 Å². The van der Waals surface area contributed by atoms with Gasteiger partial charge in [0.25, 0.3) is 17.7 Å². The van der Waals surface area contributed by atoms with E-state index in [-0.39, 0.29) is 24.7 Å². The van der Waals surface area contributed by atoms with Crippen molar-refractivity contribution in [2.45, 2.75) is 69.9 Å². The highest BCUT2D eigenvalue weighted by molar-refractivity contribution is 6.23. The number of rotatable bonds is 8. The molecule has 4 fully saturated rings. The number of benzene rings is 2. The van der Waals surface area contributed by atoms with E-state index in [1.54, 1.807) is 41.3 Å². The topological polar surface area (TPSA) is 176 Å². The molecule has 4 aliphatic heterocycles. The molecule has 0 radical (unpaired) electrons. The van der Waals surface area contributed by atoms with Crippen LogP contribution in [0.25, 0.3) is 16.6 Å². The third-order valence-electron chi connectivity index (χ3n) is 11.8. The maximum atomic E-state index is 13.1. The number of aromatic nitrogens is 5. The van der Waals surface area contributed by atoms with Crippen molar-refractivity contribution < 1.29 is 28.7 Å². The van der Waals surface area contributed by atoms with E-state index in [2.05, 4.69) is 48.4 Å². The lowest BCUT2D eigenvalue weighted by molar-refractivity contribution is -0.136. The van der Waals surface area contributed by atoms with E-state index >= 15 is 0 Å². The highest BCUT2D eigenvalue weighted by Gasteiger charge is 2.44. The molecule has 16 nitrogen and oxygen atoms in total. The Morgan fingerprint density at radius 2 is 1.72 bits per heavy atom. The fourth-order valence-electron chi connectivity index (χ4n) is 8.21.